The highest BCUT2D eigenvalue weighted by molar-refractivity contribution is 5.65. The number of ether oxygens (including phenoxy) is 1. The minimum atomic E-state index is 0.246. The van der Waals surface area contributed by atoms with E-state index in [0.717, 1.165) is 42.8 Å². The second kappa shape index (κ2) is 8.86. The Labute approximate surface area is 146 Å². The summed E-state index contributed by atoms with van der Waals surface area (Å²) in [6, 6.07) is 16.8. The van der Waals surface area contributed by atoms with Crippen molar-refractivity contribution in [3.8, 4) is 16.9 Å². The van der Waals surface area contributed by atoms with E-state index in [1.807, 2.05) is 6.07 Å². The maximum atomic E-state index is 9.05. The number of quaternary nitrogens is 1. The number of aliphatic hydroxyl groups is 1. The van der Waals surface area contributed by atoms with E-state index in [1.54, 1.807) is 0 Å². The van der Waals surface area contributed by atoms with Gasteiger partial charge in [0.2, 0.25) is 0 Å². The number of aliphatic hydroxyl groups excluding tert-OH is 1. The zero-order valence-corrected chi connectivity index (χ0v) is 15.2. The van der Waals surface area contributed by atoms with Gasteiger partial charge in [-0.25, -0.2) is 0 Å². The highest BCUT2D eigenvalue weighted by atomic mass is 16.5. The van der Waals surface area contributed by atoms with Gasteiger partial charge in [0.05, 0.1) is 33.9 Å². The molecular formula is C21H30NO2+. The van der Waals surface area contributed by atoms with Crippen molar-refractivity contribution in [3.63, 3.8) is 0 Å². The molecule has 2 aromatic rings. The van der Waals surface area contributed by atoms with Crippen molar-refractivity contribution >= 4 is 0 Å². The summed E-state index contributed by atoms with van der Waals surface area (Å²) in [6.07, 6.45) is 2.14. The minimum Gasteiger partial charge on any atom is -0.493 e. The molecule has 0 heterocycles. The summed E-state index contributed by atoms with van der Waals surface area (Å²) in [5, 5.41) is 9.05. The molecular weight excluding hydrogens is 298 g/mol. The summed E-state index contributed by atoms with van der Waals surface area (Å²) in [6.45, 7) is 4.96. The molecule has 0 saturated carbocycles. The summed E-state index contributed by atoms with van der Waals surface area (Å²) in [4.78, 5) is 0. The largest absolute Gasteiger partial charge is 0.493 e. The molecule has 24 heavy (non-hydrogen) atoms. The fourth-order valence-corrected chi connectivity index (χ4v) is 2.83. The molecule has 0 aliphatic heterocycles. The van der Waals surface area contributed by atoms with Gasteiger partial charge in [0.15, 0.2) is 0 Å². The molecule has 2 aromatic carbocycles. The van der Waals surface area contributed by atoms with E-state index < -0.39 is 0 Å². The lowest BCUT2D eigenvalue weighted by Crippen LogP contribution is -2.42. The topological polar surface area (TPSA) is 29.5 Å². The Morgan fingerprint density at radius 3 is 2.33 bits per heavy atom. The molecule has 0 bridgehead atoms. The quantitative estimate of drug-likeness (QED) is 0.559. The van der Waals surface area contributed by atoms with Gasteiger partial charge >= 0.3 is 0 Å². The fourth-order valence-electron chi connectivity index (χ4n) is 2.83. The zero-order chi connectivity index (χ0) is 17.4. The molecule has 130 valence electrons. The molecule has 0 amide bonds. The van der Waals surface area contributed by atoms with Crippen molar-refractivity contribution in [3.05, 3.63) is 54.1 Å². The number of benzene rings is 2. The van der Waals surface area contributed by atoms with Crippen molar-refractivity contribution in [2.24, 2.45) is 0 Å². The smallest absolute Gasteiger partial charge is 0.122 e. The normalized spacial score (nSPS) is 11.5. The summed E-state index contributed by atoms with van der Waals surface area (Å²) >= 11 is 0. The van der Waals surface area contributed by atoms with Gasteiger partial charge in [-0.05, 0) is 48.6 Å². The second-order valence-electron chi connectivity index (χ2n) is 7.01. The Kier molecular flexibility index (Phi) is 6.83. The van der Waals surface area contributed by atoms with Crippen molar-refractivity contribution in [1.29, 1.82) is 0 Å². The van der Waals surface area contributed by atoms with Gasteiger partial charge in [-0.3, -0.25) is 0 Å². The Bertz CT molecular complexity index is 623. The lowest BCUT2D eigenvalue weighted by Gasteiger charge is -2.28. The van der Waals surface area contributed by atoms with Crippen molar-refractivity contribution in [1.82, 2.24) is 0 Å². The molecule has 0 unspecified atom stereocenters. The number of aryl methyl sites for hydroxylation is 1. The molecule has 0 aliphatic carbocycles. The number of likely N-dealkylation sites (N-methyl/N-ethyl adjacent to an activating group) is 1. The lowest BCUT2D eigenvalue weighted by atomic mass is 10.0. The van der Waals surface area contributed by atoms with Crippen LogP contribution in [0.25, 0.3) is 11.1 Å². The minimum absolute atomic E-state index is 0.246. The second-order valence-corrected chi connectivity index (χ2v) is 7.01. The van der Waals surface area contributed by atoms with Crippen LogP contribution in [-0.4, -0.2) is 50.0 Å². The molecule has 0 atom stereocenters. The average molecular weight is 328 g/mol. The molecule has 0 aromatic heterocycles. The fraction of sp³-hybridized carbons (Fsp3) is 0.429. The summed E-state index contributed by atoms with van der Waals surface area (Å²) in [5.74, 6) is 0.971. The number of rotatable bonds is 9. The molecule has 3 heteroatoms. The molecule has 0 saturated heterocycles. The average Bonchev–Trinajstić information content (AvgIpc) is 2.56. The maximum Gasteiger partial charge on any atom is 0.122 e. The van der Waals surface area contributed by atoms with Gasteiger partial charge in [-0.2, -0.15) is 0 Å². The molecule has 1 N–H and O–H groups in total. The third kappa shape index (κ3) is 5.66. The van der Waals surface area contributed by atoms with Crippen LogP contribution >= 0.6 is 0 Å². The summed E-state index contributed by atoms with van der Waals surface area (Å²) in [5.41, 5.74) is 3.63. The predicted molar refractivity (Wildman–Crippen MR) is 100 cm³/mol. The first-order chi connectivity index (χ1) is 11.5. The van der Waals surface area contributed by atoms with Crippen molar-refractivity contribution in [2.45, 2.75) is 19.8 Å². The first kappa shape index (κ1) is 18.5. The van der Waals surface area contributed by atoms with E-state index in [2.05, 4.69) is 63.5 Å². The van der Waals surface area contributed by atoms with Crippen LogP contribution in [0, 0.1) is 6.92 Å². The van der Waals surface area contributed by atoms with Gasteiger partial charge in [-0.1, -0.05) is 36.4 Å². The van der Waals surface area contributed by atoms with Crippen LogP contribution < -0.4 is 4.74 Å². The third-order valence-electron chi connectivity index (χ3n) is 4.40. The van der Waals surface area contributed by atoms with Gasteiger partial charge in [0.25, 0.3) is 0 Å². The van der Waals surface area contributed by atoms with Crippen molar-refractivity contribution in [2.75, 3.05) is 40.4 Å². The van der Waals surface area contributed by atoms with Crippen molar-refractivity contribution < 1.29 is 14.3 Å². The van der Waals surface area contributed by atoms with Gasteiger partial charge < -0.3 is 14.3 Å². The van der Waals surface area contributed by atoms with Gasteiger partial charge in [0.1, 0.15) is 12.3 Å². The van der Waals surface area contributed by atoms with Crippen LogP contribution in [0.3, 0.4) is 0 Å². The summed E-state index contributed by atoms with van der Waals surface area (Å²) in [7, 11) is 4.31. The van der Waals surface area contributed by atoms with E-state index in [0.29, 0.717) is 0 Å². The zero-order valence-electron chi connectivity index (χ0n) is 15.2. The Morgan fingerprint density at radius 2 is 1.67 bits per heavy atom. The van der Waals surface area contributed by atoms with Crippen LogP contribution in [0.1, 0.15) is 18.4 Å². The maximum absolute atomic E-state index is 9.05. The van der Waals surface area contributed by atoms with E-state index >= 15 is 0 Å². The van der Waals surface area contributed by atoms with E-state index in [9.17, 15) is 0 Å². The molecule has 0 aliphatic rings. The highest BCUT2D eigenvalue weighted by Crippen LogP contribution is 2.26. The third-order valence-corrected chi connectivity index (χ3v) is 4.40. The summed E-state index contributed by atoms with van der Waals surface area (Å²) < 4.78 is 6.81. The van der Waals surface area contributed by atoms with E-state index in [1.165, 1.54) is 16.7 Å². The first-order valence-corrected chi connectivity index (χ1v) is 8.73. The van der Waals surface area contributed by atoms with Crippen LogP contribution in [-0.2, 0) is 0 Å². The highest BCUT2D eigenvalue weighted by Gasteiger charge is 2.13. The number of hydrogen-bond acceptors (Lipinski definition) is 2. The van der Waals surface area contributed by atoms with Crippen LogP contribution in [0.15, 0.2) is 48.5 Å². The molecule has 3 nitrogen and oxygen atoms in total. The predicted octanol–water partition coefficient (Wildman–Crippen LogP) is 3.89. The Balaban J connectivity index is 1.81. The SMILES string of the molecule is Cc1cc(-c2ccccc2)ccc1OCCCC[N+](C)(C)CCO. The van der Waals surface area contributed by atoms with E-state index in [-0.39, 0.29) is 6.61 Å². The molecule has 0 radical (unpaired) electrons. The molecule has 2 rings (SSSR count). The Hall–Kier alpha value is -1.84. The van der Waals surface area contributed by atoms with Gasteiger partial charge in [-0.15, -0.1) is 0 Å². The lowest BCUT2D eigenvalue weighted by molar-refractivity contribution is -0.890. The molecule has 0 spiro atoms. The van der Waals surface area contributed by atoms with Crippen LogP contribution in [0.2, 0.25) is 0 Å². The number of nitrogens with zero attached hydrogens (tertiary/aromatic N) is 1. The van der Waals surface area contributed by atoms with Gasteiger partial charge in [0, 0.05) is 0 Å². The van der Waals surface area contributed by atoms with E-state index in [4.69, 9.17) is 9.84 Å². The van der Waals surface area contributed by atoms with Crippen LogP contribution in [0.4, 0.5) is 0 Å². The number of unbranched alkanes of at least 4 members (excludes halogenated alkanes) is 1. The Morgan fingerprint density at radius 1 is 0.917 bits per heavy atom. The number of hydrogen-bond donors (Lipinski definition) is 1. The standard InChI is InChI=1S/C21H30NO2/c1-18-17-20(19-9-5-4-6-10-19)11-12-21(18)24-16-8-7-13-22(2,3)14-15-23/h4-6,9-12,17,23H,7-8,13-16H2,1-3H3/q+1. The first-order valence-electron chi connectivity index (χ1n) is 8.73. The molecule has 0 fully saturated rings. The van der Waals surface area contributed by atoms with Crippen LogP contribution in [0.5, 0.6) is 5.75 Å². The monoisotopic (exact) mass is 328 g/mol.